The van der Waals surface area contributed by atoms with Gasteiger partial charge in [-0.05, 0) is 180 Å². The van der Waals surface area contributed by atoms with Crippen LogP contribution in [-0.4, -0.2) is 77.5 Å². The Balaban J connectivity index is 0.000000210. The van der Waals surface area contributed by atoms with Crippen molar-refractivity contribution in [2.75, 3.05) is 32.7 Å². The smallest absolute Gasteiger partial charge is 0.222 e. The summed E-state index contributed by atoms with van der Waals surface area (Å²) in [5, 5.41) is 4.87. The highest BCUT2D eigenvalue weighted by molar-refractivity contribution is 9.08. The number of piperidine rings is 2. The topological polar surface area (TPSA) is 118 Å². The molecule has 0 aliphatic carbocycles. The fraction of sp³-hybridized carbons (Fsp3) is 0.323. The lowest BCUT2D eigenvalue weighted by atomic mass is 10.1. The molecule has 0 radical (unpaired) electrons. The summed E-state index contributed by atoms with van der Waals surface area (Å²) in [6.45, 7) is 16.9. The van der Waals surface area contributed by atoms with Crippen LogP contribution in [0.15, 0.2) is 190 Å². The van der Waals surface area contributed by atoms with E-state index in [0.717, 1.165) is 85.4 Å². The molecule has 4 aromatic carbocycles. The van der Waals surface area contributed by atoms with E-state index in [-0.39, 0.29) is 0 Å². The minimum Gasteiger partial charge on any atom is -0.317 e. The number of halogens is 3. The van der Waals surface area contributed by atoms with Crippen LogP contribution in [0.5, 0.6) is 0 Å². The summed E-state index contributed by atoms with van der Waals surface area (Å²) in [7, 11) is 0. The minimum absolute atomic E-state index is 0.310. The van der Waals surface area contributed by atoms with E-state index in [0.29, 0.717) is 16.4 Å². The number of hydrogen-bond acceptors (Lipinski definition) is 10. The first-order valence-corrected chi connectivity index (χ1v) is 29.0. The van der Waals surface area contributed by atoms with E-state index in [4.69, 9.17) is 28.2 Å². The number of aromatic nitrogens is 8. The van der Waals surface area contributed by atoms with Gasteiger partial charge in [0.2, 0.25) is 10.6 Å². The summed E-state index contributed by atoms with van der Waals surface area (Å²) in [5.41, 5.74) is 9.45. The summed E-state index contributed by atoms with van der Waals surface area (Å²) >= 11 is 14.5. The van der Waals surface area contributed by atoms with Gasteiger partial charge < -0.3 is 10.2 Å². The SMILES string of the molecule is BrCc1ccccc1.C1CCNCC1.C=CC.C=Cc1nccc(CCc2ccccc2)n1.Cc1ccnc(Cl)n1.Clc1nccc(CCc2ccccc2)n1.c1ccc(CCc2ccnc(CCN3CCCCC3)n2)cc1. The van der Waals surface area contributed by atoms with Crippen LogP contribution in [0.4, 0.5) is 0 Å². The highest BCUT2D eigenvalue weighted by Crippen LogP contribution is 2.12. The van der Waals surface area contributed by atoms with Crippen LogP contribution >= 0.6 is 39.1 Å². The van der Waals surface area contributed by atoms with Crippen LogP contribution in [0, 0.1) is 6.92 Å². The van der Waals surface area contributed by atoms with Gasteiger partial charge in [0.1, 0.15) is 5.82 Å². The van der Waals surface area contributed by atoms with E-state index in [1.54, 1.807) is 36.8 Å². The van der Waals surface area contributed by atoms with Crippen molar-refractivity contribution < 1.29 is 0 Å². The van der Waals surface area contributed by atoms with E-state index in [9.17, 15) is 0 Å². The second-order valence-electron chi connectivity index (χ2n) is 18.3. The summed E-state index contributed by atoms with van der Waals surface area (Å²) in [4.78, 5) is 35.7. The molecular formula is C65H79BrCl2N10. The molecule has 6 heterocycles. The van der Waals surface area contributed by atoms with Crippen LogP contribution in [0.1, 0.15) is 102 Å². The van der Waals surface area contributed by atoms with Gasteiger partial charge in [-0.25, -0.2) is 39.9 Å². The average molecular weight is 1150 g/mol. The van der Waals surface area contributed by atoms with Gasteiger partial charge in [0, 0.05) is 65.9 Å². The molecule has 0 unspecified atom stereocenters. The van der Waals surface area contributed by atoms with Crippen LogP contribution in [0.25, 0.3) is 6.08 Å². The first-order valence-electron chi connectivity index (χ1n) is 27.2. The molecule has 78 heavy (non-hydrogen) atoms. The molecule has 0 amide bonds. The molecule has 0 spiro atoms. The molecule has 410 valence electrons. The number of likely N-dealkylation sites (tertiary alicyclic amines) is 1. The molecule has 0 bridgehead atoms. The van der Waals surface area contributed by atoms with Gasteiger partial charge in [0.05, 0.1) is 0 Å². The quantitative estimate of drug-likeness (QED) is 0.0640. The monoisotopic (exact) mass is 1150 g/mol. The Bertz CT molecular complexity index is 2740. The summed E-state index contributed by atoms with van der Waals surface area (Å²) in [6, 6.07) is 49.3. The van der Waals surface area contributed by atoms with E-state index < -0.39 is 0 Å². The van der Waals surface area contributed by atoms with Crippen molar-refractivity contribution in [2.24, 2.45) is 0 Å². The lowest BCUT2D eigenvalue weighted by Gasteiger charge is -2.25. The first-order chi connectivity index (χ1) is 38.3. The number of benzene rings is 4. The van der Waals surface area contributed by atoms with Crippen LogP contribution in [0.2, 0.25) is 10.6 Å². The third-order valence-corrected chi connectivity index (χ3v) is 13.0. The van der Waals surface area contributed by atoms with Gasteiger partial charge in [-0.3, -0.25) is 0 Å². The zero-order chi connectivity index (χ0) is 55.5. The molecule has 0 atom stereocenters. The molecule has 8 aromatic rings. The van der Waals surface area contributed by atoms with Crippen molar-refractivity contribution in [2.45, 2.75) is 103 Å². The van der Waals surface area contributed by atoms with Crippen molar-refractivity contribution in [1.29, 1.82) is 0 Å². The Morgan fingerprint density at radius 3 is 1.31 bits per heavy atom. The Labute approximate surface area is 484 Å². The number of nitrogens with one attached hydrogen (secondary N) is 1. The van der Waals surface area contributed by atoms with E-state index >= 15 is 0 Å². The molecule has 10 nitrogen and oxygen atoms in total. The fourth-order valence-electron chi connectivity index (χ4n) is 7.84. The zero-order valence-electron chi connectivity index (χ0n) is 45.8. The van der Waals surface area contributed by atoms with E-state index in [2.05, 4.69) is 153 Å². The molecule has 2 aliphatic heterocycles. The normalized spacial score (nSPS) is 12.4. The maximum atomic E-state index is 5.70. The van der Waals surface area contributed by atoms with Gasteiger partial charge in [0.15, 0.2) is 5.82 Å². The van der Waals surface area contributed by atoms with Crippen molar-refractivity contribution >= 4 is 45.2 Å². The molecule has 4 aromatic heterocycles. The Morgan fingerprint density at radius 1 is 0.487 bits per heavy atom. The van der Waals surface area contributed by atoms with Crippen molar-refractivity contribution in [3.8, 4) is 0 Å². The third kappa shape index (κ3) is 30.6. The molecule has 13 heteroatoms. The summed E-state index contributed by atoms with van der Waals surface area (Å²) in [6.07, 6.45) is 25.6. The average Bonchev–Trinajstić information content (AvgIpc) is 3.50. The molecule has 2 aliphatic rings. The Kier molecular flexibility index (Phi) is 34.3. The molecule has 2 fully saturated rings. The lowest BCUT2D eigenvalue weighted by molar-refractivity contribution is 0.230. The predicted molar refractivity (Wildman–Crippen MR) is 330 cm³/mol. The summed E-state index contributed by atoms with van der Waals surface area (Å²) < 4.78 is 0. The Morgan fingerprint density at radius 2 is 0.910 bits per heavy atom. The zero-order valence-corrected chi connectivity index (χ0v) is 48.9. The number of allylic oxidation sites excluding steroid dienone is 1. The maximum absolute atomic E-state index is 5.70. The standard InChI is InChI=1S/C19H25N3.C14H14N2.C12H11ClN2.C7H7Br.C5H5ClN2.C5H11N.C3H6/c1-3-7-17(8-4-1)9-10-18-11-13-20-19(21-18)12-16-22-14-5-2-6-15-22;1-2-14-15-11-10-13(16-14)9-8-12-6-4-3-5-7-12;13-12-14-9-8-11(15-12)7-6-10-4-2-1-3-5-10;8-6-7-4-2-1-3-5-7;1-4-2-3-7-5(6)8-4;1-2-4-6-5-3-1;1-3-2/h1,3-4,7-8,11,13H,2,5-6,9-10,12,14-16H2;2-7,10-11H,1,8-9H2;1-5,8-9H,6-7H2;1-5H,6H2;2-3H,1H3;6H,1-5H2;3H,1H2,2H3. The van der Waals surface area contributed by atoms with E-state index in [1.165, 1.54) is 87.0 Å². The number of rotatable bonds is 14. The van der Waals surface area contributed by atoms with Crippen molar-refractivity contribution in [3.05, 3.63) is 257 Å². The van der Waals surface area contributed by atoms with Crippen LogP contribution in [0.3, 0.4) is 0 Å². The maximum Gasteiger partial charge on any atom is 0.222 e. The number of hydrogen-bond donors (Lipinski definition) is 1. The second-order valence-corrected chi connectivity index (χ2v) is 19.5. The van der Waals surface area contributed by atoms with Gasteiger partial charge in [-0.1, -0.05) is 163 Å². The first kappa shape index (κ1) is 64.2. The van der Waals surface area contributed by atoms with Gasteiger partial charge >= 0.3 is 0 Å². The lowest BCUT2D eigenvalue weighted by Crippen LogP contribution is -2.31. The molecule has 2 saturated heterocycles. The highest BCUT2D eigenvalue weighted by Gasteiger charge is 2.11. The minimum atomic E-state index is 0.310. The second kappa shape index (κ2) is 41.7. The molecule has 10 rings (SSSR count). The molecule has 0 saturated carbocycles. The molecular weight excluding hydrogens is 1070 g/mol. The van der Waals surface area contributed by atoms with Gasteiger partial charge in [0.25, 0.3) is 0 Å². The van der Waals surface area contributed by atoms with Crippen molar-refractivity contribution in [3.63, 3.8) is 0 Å². The predicted octanol–water partition coefficient (Wildman–Crippen LogP) is 15.1. The fourth-order valence-corrected chi connectivity index (χ4v) is 8.57. The van der Waals surface area contributed by atoms with Crippen LogP contribution < -0.4 is 5.32 Å². The molecule has 1 N–H and O–H groups in total. The van der Waals surface area contributed by atoms with Gasteiger partial charge in [-0.2, -0.15) is 0 Å². The number of nitrogens with zero attached hydrogens (tertiary/aromatic N) is 9. The van der Waals surface area contributed by atoms with Crippen molar-refractivity contribution in [1.82, 2.24) is 50.1 Å². The van der Waals surface area contributed by atoms with Crippen LogP contribution in [-0.2, 0) is 50.3 Å². The van der Waals surface area contributed by atoms with E-state index in [1.807, 2.05) is 80.7 Å². The Hall–Kier alpha value is -6.34. The third-order valence-electron chi connectivity index (χ3n) is 12.0. The highest BCUT2D eigenvalue weighted by atomic mass is 79.9. The largest absolute Gasteiger partial charge is 0.317 e. The number of aryl methyl sites for hydroxylation is 7. The number of alkyl halides is 1. The summed E-state index contributed by atoms with van der Waals surface area (Å²) in [5.74, 6) is 1.70. The van der Waals surface area contributed by atoms with Gasteiger partial charge in [-0.15, -0.1) is 6.58 Å².